The van der Waals surface area contributed by atoms with Crippen LogP contribution in [0.2, 0.25) is 0 Å². The van der Waals surface area contributed by atoms with Gasteiger partial charge in [-0.25, -0.2) is 0 Å². The van der Waals surface area contributed by atoms with Crippen LogP contribution in [0.25, 0.3) is 0 Å². The van der Waals surface area contributed by atoms with Gasteiger partial charge in [-0.1, -0.05) is 37.5 Å². The number of hydrogen-bond acceptors (Lipinski definition) is 0. The van der Waals surface area contributed by atoms with Gasteiger partial charge in [0.05, 0.1) is 0 Å². The summed E-state index contributed by atoms with van der Waals surface area (Å²) in [7, 11) is 0. The van der Waals surface area contributed by atoms with Crippen molar-refractivity contribution in [2.75, 3.05) is 0 Å². The molecule has 0 amide bonds. The Morgan fingerprint density at radius 2 is 1.92 bits per heavy atom. The van der Waals surface area contributed by atoms with Gasteiger partial charge in [-0.2, -0.15) is 0 Å². The molecule has 12 heavy (non-hydrogen) atoms. The third-order valence-electron chi connectivity index (χ3n) is 3.45. The Labute approximate surface area is 75.4 Å². The molecule has 0 aromatic rings. The highest BCUT2D eigenvalue weighted by Gasteiger charge is 2.32. The number of allylic oxidation sites excluding steroid dienone is 4. The largest absolute Gasteiger partial charge is 0.0767 e. The van der Waals surface area contributed by atoms with Crippen LogP contribution < -0.4 is 0 Å². The van der Waals surface area contributed by atoms with E-state index < -0.39 is 0 Å². The molecule has 2 rings (SSSR count). The third kappa shape index (κ3) is 1.24. The van der Waals surface area contributed by atoms with Crippen molar-refractivity contribution in [3.05, 3.63) is 23.3 Å². The highest BCUT2D eigenvalue weighted by Crippen LogP contribution is 2.46. The zero-order valence-corrected chi connectivity index (χ0v) is 8.19. The summed E-state index contributed by atoms with van der Waals surface area (Å²) in [6, 6.07) is 0. The van der Waals surface area contributed by atoms with E-state index >= 15 is 0 Å². The summed E-state index contributed by atoms with van der Waals surface area (Å²) < 4.78 is 0. The Kier molecular flexibility index (Phi) is 1.86. The van der Waals surface area contributed by atoms with E-state index in [4.69, 9.17) is 0 Å². The van der Waals surface area contributed by atoms with Gasteiger partial charge in [0.1, 0.15) is 0 Å². The molecule has 0 bridgehead atoms. The molecular formula is C12H18. The molecule has 0 aromatic heterocycles. The summed E-state index contributed by atoms with van der Waals surface area (Å²) in [5.41, 5.74) is 3.70. The second kappa shape index (κ2) is 2.76. The van der Waals surface area contributed by atoms with E-state index in [2.05, 4.69) is 26.0 Å². The topological polar surface area (TPSA) is 0 Å². The van der Waals surface area contributed by atoms with Crippen LogP contribution in [-0.2, 0) is 0 Å². The smallest absolute Gasteiger partial charge is 0.00783 e. The molecule has 0 atom stereocenters. The molecule has 0 saturated heterocycles. The lowest BCUT2D eigenvalue weighted by atomic mass is 9.81. The highest BCUT2D eigenvalue weighted by atomic mass is 14.4. The van der Waals surface area contributed by atoms with E-state index in [-0.39, 0.29) is 0 Å². The molecule has 0 heterocycles. The van der Waals surface area contributed by atoms with Crippen molar-refractivity contribution in [1.29, 1.82) is 0 Å². The van der Waals surface area contributed by atoms with Crippen molar-refractivity contribution in [2.24, 2.45) is 5.41 Å². The maximum atomic E-state index is 2.43. The standard InChI is InChI=1S/C12H18/c1-10-5-6-11(9-10)12(2)7-3-4-8-12/h6,9H,3-5,7-8H2,1-2H3. The van der Waals surface area contributed by atoms with Crippen molar-refractivity contribution in [1.82, 2.24) is 0 Å². The lowest BCUT2D eigenvalue weighted by molar-refractivity contribution is 0.425. The van der Waals surface area contributed by atoms with Crippen LogP contribution in [0.3, 0.4) is 0 Å². The highest BCUT2D eigenvalue weighted by molar-refractivity contribution is 5.36. The van der Waals surface area contributed by atoms with E-state index in [1.54, 1.807) is 5.57 Å². The van der Waals surface area contributed by atoms with Crippen molar-refractivity contribution in [2.45, 2.75) is 46.0 Å². The Hall–Kier alpha value is -0.520. The second-order valence-electron chi connectivity index (χ2n) is 4.62. The molecule has 2 aliphatic rings. The van der Waals surface area contributed by atoms with Crippen molar-refractivity contribution >= 4 is 0 Å². The quantitative estimate of drug-likeness (QED) is 0.549. The Morgan fingerprint density at radius 3 is 2.42 bits per heavy atom. The predicted molar refractivity (Wildman–Crippen MR) is 53.0 cm³/mol. The SMILES string of the molecule is CC1=CC(C2(C)CCCC2)=CC1. The van der Waals surface area contributed by atoms with Crippen LogP contribution in [0.5, 0.6) is 0 Å². The fourth-order valence-electron chi connectivity index (χ4n) is 2.52. The summed E-state index contributed by atoms with van der Waals surface area (Å²) in [4.78, 5) is 0. The molecular weight excluding hydrogens is 144 g/mol. The molecule has 0 unspecified atom stereocenters. The molecule has 1 saturated carbocycles. The maximum absolute atomic E-state index is 2.43. The first kappa shape index (κ1) is 8.10. The minimum absolute atomic E-state index is 0.539. The molecule has 0 spiro atoms. The van der Waals surface area contributed by atoms with Crippen LogP contribution in [0.15, 0.2) is 23.3 Å². The fourth-order valence-corrected chi connectivity index (χ4v) is 2.52. The second-order valence-corrected chi connectivity index (χ2v) is 4.62. The number of rotatable bonds is 1. The van der Waals surface area contributed by atoms with E-state index in [1.807, 2.05) is 0 Å². The molecule has 2 aliphatic carbocycles. The lowest BCUT2D eigenvalue weighted by Gasteiger charge is -2.24. The third-order valence-corrected chi connectivity index (χ3v) is 3.45. The first-order valence-electron chi connectivity index (χ1n) is 5.08. The van der Waals surface area contributed by atoms with E-state index in [0.717, 1.165) is 0 Å². The van der Waals surface area contributed by atoms with Gasteiger partial charge in [-0.3, -0.25) is 0 Å². The van der Waals surface area contributed by atoms with Crippen LogP contribution in [-0.4, -0.2) is 0 Å². The summed E-state index contributed by atoms with van der Waals surface area (Å²) >= 11 is 0. The van der Waals surface area contributed by atoms with Crippen molar-refractivity contribution in [3.8, 4) is 0 Å². The minimum atomic E-state index is 0.539. The van der Waals surface area contributed by atoms with Gasteiger partial charge in [0, 0.05) is 0 Å². The van der Waals surface area contributed by atoms with Crippen molar-refractivity contribution < 1.29 is 0 Å². The Morgan fingerprint density at radius 1 is 1.25 bits per heavy atom. The molecule has 0 aromatic carbocycles. The van der Waals surface area contributed by atoms with Gasteiger partial charge >= 0.3 is 0 Å². The average Bonchev–Trinajstić information content (AvgIpc) is 2.59. The molecule has 66 valence electrons. The summed E-state index contributed by atoms with van der Waals surface area (Å²) in [6.07, 6.45) is 11.7. The van der Waals surface area contributed by atoms with Gasteiger partial charge in [0.15, 0.2) is 0 Å². The lowest BCUT2D eigenvalue weighted by Crippen LogP contribution is -2.11. The summed E-state index contributed by atoms with van der Waals surface area (Å²) in [5.74, 6) is 0. The van der Waals surface area contributed by atoms with Crippen LogP contribution >= 0.6 is 0 Å². The number of hydrogen-bond donors (Lipinski definition) is 0. The van der Waals surface area contributed by atoms with Gasteiger partial charge in [-0.15, -0.1) is 0 Å². The zero-order chi connectivity index (χ0) is 8.60. The summed E-state index contributed by atoms with van der Waals surface area (Å²) in [6.45, 7) is 4.67. The van der Waals surface area contributed by atoms with Gasteiger partial charge in [-0.05, 0) is 37.2 Å². The maximum Gasteiger partial charge on any atom is -0.00783 e. The van der Waals surface area contributed by atoms with Crippen LogP contribution in [0, 0.1) is 5.41 Å². The fraction of sp³-hybridized carbons (Fsp3) is 0.667. The van der Waals surface area contributed by atoms with Gasteiger partial charge in [0.2, 0.25) is 0 Å². The predicted octanol–water partition coefficient (Wildman–Crippen LogP) is 3.84. The zero-order valence-electron chi connectivity index (χ0n) is 8.19. The molecule has 0 heteroatoms. The van der Waals surface area contributed by atoms with E-state index in [0.29, 0.717) is 5.41 Å². The van der Waals surface area contributed by atoms with Crippen molar-refractivity contribution in [3.63, 3.8) is 0 Å². The Balaban J connectivity index is 2.18. The molecule has 0 nitrogen and oxygen atoms in total. The van der Waals surface area contributed by atoms with E-state index in [9.17, 15) is 0 Å². The minimum Gasteiger partial charge on any atom is -0.0767 e. The normalized spacial score (nSPS) is 27.2. The molecule has 1 fully saturated rings. The van der Waals surface area contributed by atoms with Crippen LogP contribution in [0.4, 0.5) is 0 Å². The van der Waals surface area contributed by atoms with E-state index in [1.165, 1.54) is 37.7 Å². The average molecular weight is 162 g/mol. The Bertz CT molecular complexity index is 237. The summed E-state index contributed by atoms with van der Waals surface area (Å²) in [5, 5.41) is 0. The van der Waals surface area contributed by atoms with Crippen LogP contribution in [0.1, 0.15) is 46.0 Å². The molecule has 0 aliphatic heterocycles. The molecule has 0 radical (unpaired) electrons. The van der Waals surface area contributed by atoms with Gasteiger partial charge in [0.25, 0.3) is 0 Å². The first-order valence-corrected chi connectivity index (χ1v) is 5.08. The van der Waals surface area contributed by atoms with Gasteiger partial charge < -0.3 is 0 Å². The molecule has 0 N–H and O–H groups in total. The first-order chi connectivity index (χ1) is 5.71. The monoisotopic (exact) mass is 162 g/mol.